The predicted molar refractivity (Wildman–Crippen MR) is 114 cm³/mol. The zero-order chi connectivity index (χ0) is 22.6. The van der Waals surface area contributed by atoms with E-state index < -0.39 is 6.36 Å². The van der Waals surface area contributed by atoms with Gasteiger partial charge in [0.1, 0.15) is 11.6 Å². The van der Waals surface area contributed by atoms with Crippen molar-refractivity contribution in [1.82, 2.24) is 9.97 Å². The number of hydrogen-bond donors (Lipinski definition) is 3. The molecule has 164 valence electrons. The second-order valence-corrected chi connectivity index (χ2v) is 7.26. The van der Waals surface area contributed by atoms with Gasteiger partial charge in [0.25, 0.3) is 0 Å². The standard InChI is InChI=1S/C21H20ClF3N4O2/c1-12-6-7-15(9-17(12)22)27-19-10-18(28-20(29-19)26-13(2)11-30)14-4-3-5-16(8-14)31-21(23,24)25/h3-10,13,30H,11H2,1-2H3,(H2,26,27,28,29)/t13-/m1/s1. The number of nitrogens with zero attached hydrogens (tertiary/aromatic N) is 2. The number of hydrogen-bond acceptors (Lipinski definition) is 6. The molecule has 3 aromatic rings. The Kier molecular flexibility index (Phi) is 6.87. The van der Waals surface area contributed by atoms with Crippen LogP contribution < -0.4 is 15.4 Å². The fourth-order valence-corrected chi connectivity index (χ4v) is 2.84. The monoisotopic (exact) mass is 452 g/mol. The van der Waals surface area contributed by atoms with Crippen LogP contribution in [0.4, 0.5) is 30.6 Å². The number of aromatic nitrogens is 2. The molecule has 1 aromatic heterocycles. The molecule has 0 unspecified atom stereocenters. The number of rotatable bonds is 7. The summed E-state index contributed by atoms with van der Waals surface area (Å²) in [5, 5.41) is 16.0. The van der Waals surface area contributed by atoms with Gasteiger partial charge in [0.15, 0.2) is 0 Å². The van der Waals surface area contributed by atoms with Crippen LogP contribution in [0, 0.1) is 6.92 Å². The maximum absolute atomic E-state index is 12.6. The number of benzene rings is 2. The number of anilines is 3. The van der Waals surface area contributed by atoms with Crippen LogP contribution in [0.3, 0.4) is 0 Å². The van der Waals surface area contributed by atoms with Crippen LogP contribution in [0.15, 0.2) is 48.5 Å². The lowest BCUT2D eigenvalue weighted by Gasteiger charge is -2.15. The number of aliphatic hydroxyl groups excluding tert-OH is 1. The Morgan fingerprint density at radius 2 is 1.90 bits per heavy atom. The molecule has 2 aromatic carbocycles. The van der Waals surface area contributed by atoms with Crippen LogP contribution in [0.5, 0.6) is 5.75 Å². The summed E-state index contributed by atoms with van der Waals surface area (Å²) in [4.78, 5) is 8.74. The van der Waals surface area contributed by atoms with Crippen LogP contribution in [0.25, 0.3) is 11.3 Å². The van der Waals surface area contributed by atoms with Crippen molar-refractivity contribution in [3.8, 4) is 17.0 Å². The summed E-state index contributed by atoms with van der Waals surface area (Å²) in [6.45, 7) is 3.46. The highest BCUT2D eigenvalue weighted by Crippen LogP contribution is 2.30. The van der Waals surface area contributed by atoms with Gasteiger partial charge in [-0.1, -0.05) is 29.8 Å². The van der Waals surface area contributed by atoms with E-state index in [2.05, 4.69) is 25.3 Å². The normalized spacial score (nSPS) is 12.4. The molecule has 0 saturated heterocycles. The fraction of sp³-hybridized carbons (Fsp3) is 0.238. The number of nitrogens with one attached hydrogen (secondary N) is 2. The highest BCUT2D eigenvalue weighted by Gasteiger charge is 2.31. The van der Waals surface area contributed by atoms with E-state index in [9.17, 15) is 18.3 Å². The van der Waals surface area contributed by atoms with Gasteiger partial charge in [0, 0.05) is 28.4 Å². The first-order valence-corrected chi connectivity index (χ1v) is 9.66. The van der Waals surface area contributed by atoms with Gasteiger partial charge >= 0.3 is 6.36 Å². The van der Waals surface area contributed by atoms with E-state index >= 15 is 0 Å². The minimum Gasteiger partial charge on any atom is -0.406 e. The Hall–Kier alpha value is -3.04. The van der Waals surface area contributed by atoms with Gasteiger partial charge in [-0.25, -0.2) is 4.98 Å². The van der Waals surface area contributed by atoms with Gasteiger partial charge in [-0.15, -0.1) is 13.2 Å². The first-order valence-electron chi connectivity index (χ1n) is 9.29. The maximum Gasteiger partial charge on any atom is 0.573 e. The number of halogens is 4. The summed E-state index contributed by atoms with van der Waals surface area (Å²) in [6, 6.07) is 12.2. The zero-order valence-corrected chi connectivity index (χ0v) is 17.4. The minimum atomic E-state index is -4.80. The van der Waals surface area contributed by atoms with Crippen LogP contribution in [0.1, 0.15) is 12.5 Å². The number of ether oxygens (including phenoxy) is 1. The fourth-order valence-electron chi connectivity index (χ4n) is 2.66. The number of alkyl halides is 3. The lowest BCUT2D eigenvalue weighted by atomic mass is 10.1. The lowest BCUT2D eigenvalue weighted by molar-refractivity contribution is -0.274. The lowest BCUT2D eigenvalue weighted by Crippen LogP contribution is -2.21. The van der Waals surface area contributed by atoms with Crippen LogP contribution in [0.2, 0.25) is 5.02 Å². The van der Waals surface area contributed by atoms with Crippen molar-refractivity contribution in [1.29, 1.82) is 0 Å². The smallest absolute Gasteiger partial charge is 0.406 e. The van der Waals surface area contributed by atoms with Crippen molar-refractivity contribution in [2.24, 2.45) is 0 Å². The molecule has 31 heavy (non-hydrogen) atoms. The third-order valence-corrected chi connectivity index (χ3v) is 4.59. The van der Waals surface area contributed by atoms with Gasteiger partial charge in [0.2, 0.25) is 5.95 Å². The summed E-state index contributed by atoms with van der Waals surface area (Å²) in [5.74, 6) is 0.225. The predicted octanol–water partition coefficient (Wildman–Crippen LogP) is 5.54. The van der Waals surface area contributed by atoms with E-state index in [0.29, 0.717) is 27.8 Å². The summed E-state index contributed by atoms with van der Waals surface area (Å²) in [7, 11) is 0. The van der Waals surface area contributed by atoms with Crippen molar-refractivity contribution in [2.75, 3.05) is 17.2 Å². The zero-order valence-electron chi connectivity index (χ0n) is 16.7. The van der Waals surface area contributed by atoms with Crippen LogP contribution >= 0.6 is 11.6 Å². The van der Waals surface area contributed by atoms with E-state index in [-0.39, 0.29) is 24.3 Å². The summed E-state index contributed by atoms with van der Waals surface area (Å²) in [5.41, 5.74) is 2.34. The summed E-state index contributed by atoms with van der Waals surface area (Å²) in [6.07, 6.45) is -4.80. The van der Waals surface area contributed by atoms with Crippen molar-refractivity contribution >= 4 is 29.1 Å². The average molecular weight is 453 g/mol. The second kappa shape index (κ2) is 9.40. The van der Waals surface area contributed by atoms with Gasteiger partial charge in [-0.05, 0) is 43.7 Å². The molecule has 0 radical (unpaired) electrons. The molecular weight excluding hydrogens is 433 g/mol. The van der Waals surface area contributed by atoms with E-state index in [4.69, 9.17) is 11.6 Å². The Morgan fingerprint density at radius 1 is 1.13 bits per heavy atom. The minimum absolute atomic E-state index is 0.154. The quantitative estimate of drug-likeness (QED) is 0.437. The first-order chi connectivity index (χ1) is 14.6. The molecule has 0 amide bonds. The van der Waals surface area contributed by atoms with Gasteiger partial charge in [-0.3, -0.25) is 0 Å². The Bertz CT molecular complexity index is 1060. The number of aryl methyl sites for hydroxylation is 1. The summed E-state index contributed by atoms with van der Waals surface area (Å²) >= 11 is 6.18. The molecule has 3 N–H and O–H groups in total. The molecule has 0 aliphatic carbocycles. The first kappa shape index (κ1) is 22.6. The molecule has 0 aliphatic heterocycles. The summed E-state index contributed by atoms with van der Waals surface area (Å²) < 4.78 is 41.8. The van der Waals surface area contributed by atoms with Crippen LogP contribution in [-0.4, -0.2) is 34.1 Å². The average Bonchev–Trinajstić information content (AvgIpc) is 2.69. The van der Waals surface area contributed by atoms with Crippen LogP contribution in [-0.2, 0) is 0 Å². The van der Waals surface area contributed by atoms with E-state index in [0.717, 1.165) is 5.56 Å². The Labute approximate surface area is 182 Å². The van der Waals surface area contributed by atoms with Crippen molar-refractivity contribution < 1.29 is 23.0 Å². The number of aliphatic hydroxyl groups is 1. The molecule has 0 saturated carbocycles. The molecule has 0 fully saturated rings. The SMILES string of the molecule is Cc1ccc(Nc2cc(-c3cccc(OC(F)(F)F)c3)nc(N[C@H](C)CO)n2)cc1Cl. The molecule has 1 atom stereocenters. The molecule has 1 heterocycles. The molecule has 0 aliphatic rings. The molecule has 6 nitrogen and oxygen atoms in total. The molecule has 3 rings (SSSR count). The van der Waals surface area contributed by atoms with E-state index in [1.807, 2.05) is 19.1 Å². The second-order valence-electron chi connectivity index (χ2n) is 6.85. The van der Waals surface area contributed by atoms with Gasteiger partial charge in [-0.2, -0.15) is 4.98 Å². The Morgan fingerprint density at radius 3 is 2.58 bits per heavy atom. The highest BCUT2D eigenvalue weighted by atomic mass is 35.5. The Balaban J connectivity index is 1.99. The largest absolute Gasteiger partial charge is 0.573 e. The maximum atomic E-state index is 12.6. The van der Waals surface area contributed by atoms with Crippen molar-refractivity contribution in [2.45, 2.75) is 26.3 Å². The topological polar surface area (TPSA) is 79.3 Å². The van der Waals surface area contributed by atoms with Crippen molar-refractivity contribution in [3.05, 3.63) is 59.1 Å². The van der Waals surface area contributed by atoms with E-state index in [1.54, 1.807) is 25.1 Å². The van der Waals surface area contributed by atoms with Gasteiger partial charge < -0.3 is 20.5 Å². The molecule has 0 spiro atoms. The highest BCUT2D eigenvalue weighted by molar-refractivity contribution is 6.31. The molecule has 0 bridgehead atoms. The molecule has 10 heteroatoms. The molecular formula is C21H20ClF3N4O2. The third kappa shape index (κ3) is 6.47. The van der Waals surface area contributed by atoms with Gasteiger partial charge in [0.05, 0.1) is 12.3 Å². The van der Waals surface area contributed by atoms with Crippen molar-refractivity contribution in [3.63, 3.8) is 0 Å². The third-order valence-electron chi connectivity index (χ3n) is 4.18. The van der Waals surface area contributed by atoms with E-state index in [1.165, 1.54) is 18.2 Å².